The van der Waals surface area contributed by atoms with Crippen LogP contribution in [0.5, 0.6) is 0 Å². The van der Waals surface area contributed by atoms with E-state index in [1.165, 1.54) is 17.0 Å². The summed E-state index contributed by atoms with van der Waals surface area (Å²) >= 11 is 5.22. The lowest BCUT2D eigenvalue weighted by Crippen LogP contribution is -2.31. The normalized spacial score (nSPS) is 15.9. The lowest BCUT2D eigenvalue weighted by Gasteiger charge is -2.14. The Balaban J connectivity index is 1.71. The van der Waals surface area contributed by atoms with Gasteiger partial charge in [-0.25, -0.2) is 9.29 Å². The number of fused-ring (bicyclic) bond motifs is 1. The van der Waals surface area contributed by atoms with E-state index in [4.69, 9.17) is 12.2 Å². The maximum absolute atomic E-state index is 14.0. The molecule has 1 aliphatic heterocycles. The average Bonchev–Trinajstić information content (AvgIpc) is 2.89. The van der Waals surface area contributed by atoms with Gasteiger partial charge in [0.25, 0.3) is 5.91 Å². The SMILES string of the molecule is O=C1/C(=C/c2ccc3ccccc3c2)NC(=S)N1c1ccccc1F. The van der Waals surface area contributed by atoms with Gasteiger partial charge in [0.1, 0.15) is 11.5 Å². The van der Waals surface area contributed by atoms with Crippen LogP contribution < -0.4 is 10.2 Å². The Morgan fingerprint density at radius 2 is 1.68 bits per heavy atom. The summed E-state index contributed by atoms with van der Waals surface area (Å²) in [5.74, 6) is -0.866. The molecule has 3 nitrogen and oxygen atoms in total. The van der Waals surface area contributed by atoms with Gasteiger partial charge < -0.3 is 5.32 Å². The van der Waals surface area contributed by atoms with Crippen molar-refractivity contribution in [1.29, 1.82) is 0 Å². The molecule has 1 saturated heterocycles. The zero-order valence-electron chi connectivity index (χ0n) is 13.1. The van der Waals surface area contributed by atoms with Gasteiger partial charge in [-0.15, -0.1) is 0 Å². The number of rotatable bonds is 2. The molecule has 0 aliphatic carbocycles. The minimum absolute atomic E-state index is 0.145. The van der Waals surface area contributed by atoms with E-state index in [9.17, 15) is 9.18 Å². The molecule has 0 saturated carbocycles. The second kappa shape index (κ2) is 6.11. The molecule has 1 amide bonds. The van der Waals surface area contributed by atoms with Gasteiger partial charge in [0.05, 0.1) is 5.69 Å². The third kappa shape index (κ3) is 2.79. The van der Waals surface area contributed by atoms with Gasteiger partial charge in [0, 0.05) is 0 Å². The monoisotopic (exact) mass is 348 g/mol. The van der Waals surface area contributed by atoms with Crippen molar-refractivity contribution in [3.8, 4) is 0 Å². The minimum Gasteiger partial charge on any atom is -0.327 e. The van der Waals surface area contributed by atoms with Crippen molar-refractivity contribution in [2.45, 2.75) is 0 Å². The molecule has 0 aromatic heterocycles. The summed E-state index contributed by atoms with van der Waals surface area (Å²) in [5.41, 5.74) is 1.34. The predicted molar refractivity (Wildman–Crippen MR) is 102 cm³/mol. The first-order chi connectivity index (χ1) is 12.1. The molecule has 0 unspecified atom stereocenters. The second-order valence-electron chi connectivity index (χ2n) is 5.69. The molecule has 3 aromatic rings. The van der Waals surface area contributed by atoms with E-state index in [0.29, 0.717) is 5.70 Å². The number of hydrogen-bond donors (Lipinski definition) is 1. The number of carbonyl (C=O) groups excluding carboxylic acids is 1. The zero-order chi connectivity index (χ0) is 17.4. The van der Waals surface area contributed by atoms with E-state index in [-0.39, 0.29) is 16.7 Å². The highest BCUT2D eigenvalue weighted by Gasteiger charge is 2.33. The smallest absolute Gasteiger partial charge is 0.281 e. The Labute approximate surface area is 149 Å². The molecule has 3 aromatic carbocycles. The molecule has 5 heteroatoms. The standard InChI is InChI=1S/C20H13FN2OS/c21-16-7-3-4-8-18(16)23-19(24)17(22-20(23)25)12-13-9-10-14-5-1-2-6-15(14)11-13/h1-12H,(H,22,25)/b17-12-. The van der Waals surface area contributed by atoms with Crippen LogP contribution in [0.2, 0.25) is 0 Å². The van der Waals surface area contributed by atoms with Crippen LogP contribution in [0.15, 0.2) is 72.4 Å². The van der Waals surface area contributed by atoms with Crippen LogP contribution in [0.4, 0.5) is 10.1 Å². The van der Waals surface area contributed by atoms with Gasteiger partial charge in [-0.1, -0.05) is 48.5 Å². The topological polar surface area (TPSA) is 32.3 Å². The van der Waals surface area contributed by atoms with Crippen LogP contribution in [0, 0.1) is 5.82 Å². The molecule has 0 radical (unpaired) electrons. The molecule has 1 aliphatic rings. The largest absolute Gasteiger partial charge is 0.327 e. The molecular formula is C20H13FN2OS. The maximum Gasteiger partial charge on any atom is 0.281 e. The maximum atomic E-state index is 14.0. The summed E-state index contributed by atoms with van der Waals surface area (Å²) in [6.07, 6.45) is 1.72. The zero-order valence-corrected chi connectivity index (χ0v) is 13.9. The molecule has 1 fully saturated rings. The van der Waals surface area contributed by atoms with Gasteiger partial charge in [-0.05, 0) is 52.8 Å². The van der Waals surface area contributed by atoms with E-state index < -0.39 is 5.82 Å². The molecule has 122 valence electrons. The fourth-order valence-corrected chi connectivity index (χ4v) is 3.14. The number of nitrogens with zero attached hydrogens (tertiary/aromatic N) is 1. The van der Waals surface area contributed by atoms with E-state index in [1.807, 2.05) is 42.5 Å². The number of amides is 1. The minimum atomic E-state index is -0.494. The number of thiocarbonyl (C=S) groups is 1. The summed E-state index contributed by atoms with van der Waals surface area (Å²) in [5, 5.41) is 5.25. The van der Waals surface area contributed by atoms with E-state index in [1.54, 1.807) is 18.2 Å². The highest BCUT2D eigenvalue weighted by molar-refractivity contribution is 7.80. The van der Waals surface area contributed by atoms with Gasteiger partial charge in [0.2, 0.25) is 0 Å². The molecule has 0 spiro atoms. The number of hydrogen-bond acceptors (Lipinski definition) is 2. The fraction of sp³-hybridized carbons (Fsp3) is 0. The van der Waals surface area contributed by atoms with Crippen molar-refractivity contribution >= 4 is 45.8 Å². The first-order valence-corrected chi connectivity index (χ1v) is 8.15. The Bertz CT molecular complexity index is 1040. The summed E-state index contributed by atoms with van der Waals surface area (Å²) in [7, 11) is 0. The number of benzene rings is 3. The molecule has 1 heterocycles. The number of para-hydroxylation sites is 1. The molecule has 4 rings (SSSR count). The third-order valence-electron chi connectivity index (χ3n) is 4.06. The summed E-state index contributed by atoms with van der Waals surface area (Å²) in [6, 6.07) is 20.0. The third-order valence-corrected chi connectivity index (χ3v) is 4.34. The molecule has 0 bridgehead atoms. The number of anilines is 1. The van der Waals surface area contributed by atoms with Crippen LogP contribution in [0.25, 0.3) is 16.8 Å². The summed E-state index contributed by atoms with van der Waals surface area (Å²) in [6.45, 7) is 0. The molecule has 0 atom stereocenters. The summed E-state index contributed by atoms with van der Waals surface area (Å²) in [4.78, 5) is 13.9. The van der Waals surface area contributed by atoms with Crippen LogP contribution >= 0.6 is 12.2 Å². The highest BCUT2D eigenvalue weighted by Crippen LogP contribution is 2.25. The Hall–Kier alpha value is -3.05. The quantitative estimate of drug-likeness (QED) is 0.555. The first kappa shape index (κ1) is 15.5. The van der Waals surface area contributed by atoms with Crippen molar-refractivity contribution in [1.82, 2.24) is 5.32 Å². The van der Waals surface area contributed by atoms with Crippen LogP contribution in [0.3, 0.4) is 0 Å². The van der Waals surface area contributed by atoms with Crippen LogP contribution in [0.1, 0.15) is 5.56 Å². The Morgan fingerprint density at radius 1 is 0.960 bits per heavy atom. The van der Waals surface area contributed by atoms with Gasteiger partial charge in [-0.3, -0.25) is 4.79 Å². The van der Waals surface area contributed by atoms with E-state index in [0.717, 1.165) is 16.3 Å². The molecule has 25 heavy (non-hydrogen) atoms. The predicted octanol–water partition coefficient (Wildman–Crippen LogP) is 4.24. The number of carbonyl (C=O) groups is 1. The number of nitrogens with one attached hydrogen (secondary N) is 1. The van der Waals surface area contributed by atoms with Crippen molar-refractivity contribution in [3.05, 3.63) is 83.8 Å². The van der Waals surface area contributed by atoms with Gasteiger partial charge in [0.15, 0.2) is 5.11 Å². The first-order valence-electron chi connectivity index (χ1n) is 7.74. The number of halogens is 1. The summed E-state index contributed by atoms with van der Waals surface area (Å²) < 4.78 is 14.0. The van der Waals surface area contributed by atoms with Crippen molar-refractivity contribution in [2.75, 3.05) is 4.90 Å². The Morgan fingerprint density at radius 3 is 2.48 bits per heavy atom. The molecular weight excluding hydrogens is 335 g/mol. The van der Waals surface area contributed by atoms with Crippen LogP contribution in [-0.2, 0) is 4.79 Å². The van der Waals surface area contributed by atoms with Crippen LogP contribution in [-0.4, -0.2) is 11.0 Å². The average molecular weight is 348 g/mol. The lowest BCUT2D eigenvalue weighted by molar-refractivity contribution is -0.113. The fourth-order valence-electron chi connectivity index (χ4n) is 2.85. The van der Waals surface area contributed by atoms with Crippen molar-refractivity contribution < 1.29 is 9.18 Å². The Kier molecular flexibility index (Phi) is 3.78. The van der Waals surface area contributed by atoms with Crippen molar-refractivity contribution in [2.24, 2.45) is 0 Å². The van der Waals surface area contributed by atoms with Gasteiger partial charge in [-0.2, -0.15) is 0 Å². The lowest BCUT2D eigenvalue weighted by atomic mass is 10.1. The molecule has 1 N–H and O–H groups in total. The highest BCUT2D eigenvalue weighted by atomic mass is 32.1. The van der Waals surface area contributed by atoms with E-state index in [2.05, 4.69) is 5.32 Å². The second-order valence-corrected chi connectivity index (χ2v) is 6.07. The van der Waals surface area contributed by atoms with Gasteiger partial charge >= 0.3 is 0 Å². The van der Waals surface area contributed by atoms with E-state index >= 15 is 0 Å². The van der Waals surface area contributed by atoms with Crippen molar-refractivity contribution in [3.63, 3.8) is 0 Å².